The highest BCUT2D eigenvalue weighted by atomic mass is 16.3. The average molecular weight is 304 g/mol. The second-order valence-corrected chi connectivity index (χ2v) is 5.31. The molecule has 0 aliphatic heterocycles. The van der Waals surface area contributed by atoms with Crippen molar-refractivity contribution in [3.63, 3.8) is 0 Å². The van der Waals surface area contributed by atoms with Gasteiger partial charge in [0.25, 0.3) is 0 Å². The number of aliphatic hydroxyl groups is 1. The van der Waals surface area contributed by atoms with Gasteiger partial charge in [0.2, 0.25) is 0 Å². The smallest absolute Gasteiger partial charge is 0.134 e. The van der Waals surface area contributed by atoms with Crippen molar-refractivity contribution in [1.82, 2.24) is 19.5 Å². The minimum absolute atomic E-state index is 0.0752. The van der Waals surface area contributed by atoms with E-state index in [1.165, 1.54) is 0 Å². The van der Waals surface area contributed by atoms with Gasteiger partial charge < -0.3 is 14.7 Å². The molecule has 0 saturated carbocycles. The summed E-state index contributed by atoms with van der Waals surface area (Å²) in [6.45, 7) is 0.589. The number of aromatic amines is 1. The Hall–Kier alpha value is -2.92. The SMILES string of the molecule is OCCn1c(/C=C\c2nc3ccccc3[nH]2)nc2ccccc21. The Morgan fingerprint density at radius 3 is 2.57 bits per heavy atom. The highest BCUT2D eigenvalue weighted by Gasteiger charge is 2.07. The molecule has 2 N–H and O–H groups in total. The molecule has 4 aromatic rings. The fraction of sp³-hybridized carbons (Fsp3) is 0.111. The highest BCUT2D eigenvalue weighted by Crippen LogP contribution is 2.18. The number of hydrogen-bond acceptors (Lipinski definition) is 3. The van der Waals surface area contributed by atoms with Gasteiger partial charge in [0, 0.05) is 6.54 Å². The molecule has 0 aliphatic carbocycles. The van der Waals surface area contributed by atoms with E-state index in [1.807, 2.05) is 65.3 Å². The molecule has 0 radical (unpaired) electrons. The molecule has 2 aromatic carbocycles. The molecule has 114 valence electrons. The molecule has 0 atom stereocenters. The summed E-state index contributed by atoms with van der Waals surface area (Å²) in [7, 11) is 0. The summed E-state index contributed by atoms with van der Waals surface area (Å²) in [6.07, 6.45) is 3.84. The second-order valence-electron chi connectivity index (χ2n) is 5.31. The Kier molecular flexibility index (Phi) is 3.40. The van der Waals surface area contributed by atoms with Gasteiger partial charge in [0.1, 0.15) is 11.6 Å². The largest absolute Gasteiger partial charge is 0.395 e. The lowest BCUT2D eigenvalue weighted by Crippen LogP contribution is -2.03. The first-order chi connectivity index (χ1) is 11.3. The van der Waals surface area contributed by atoms with Crippen LogP contribution >= 0.6 is 0 Å². The molecule has 0 unspecified atom stereocenters. The third-order valence-electron chi connectivity index (χ3n) is 3.81. The van der Waals surface area contributed by atoms with Crippen molar-refractivity contribution in [1.29, 1.82) is 0 Å². The zero-order valence-corrected chi connectivity index (χ0v) is 12.5. The summed E-state index contributed by atoms with van der Waals surface area (Å²) in [6, 6.07) is 15.9. The van der Waals surface area contributed by atoms with Crippen molar-refractivity contribution in [3.05, 3.63) is 60.2 Å². The summed E-state index contributed by atoms with van der Waals surface area (Å²) in [4.78, 5) is 12.4. The first kappa shape index (κ1) is 13.7. The number of nitrogens with zero attached hydrogens (tertiary/aromatic N) is 3. The van der Waals surface area contributed by atoms with Crippen LogP contribution in [-0.2, 0) is 6.54 Å². The van der Waals surface area contributed by atoms with E-state index in [1.54, 1.807) is 0 Å². The van der Waals surface area contributed by atoms with Crippen molar-refractivity contribution < 1.29 is 5.11 Å². The first-order valence-corrected chi connectivity index (χ1v) is 7.54. The molecule has 0 fully saturated rings. The van der Waals surface area contributed by atoms with E-state index in [4.69, 9.17) is 0 Å². The minimum Gasteiger partial charge on any atom is -0.395 e. The van der Waals surface area contributed by atoms with E-state index in [-0.39, 0.29) is 6.61 Å². The maximum Gasteiger partial charge on any atom is 0.134 e. The van der Waals surface area contributed by atoms with Crippen LogP contribution in [0.3, 0.4) is 0 Å². The molecule has 0 bridgehead atoms. The maximum atomic E-state index is 9.31. The van der Waals surface area contributed by atoms with Crippen LogP contribution in [0.2, 0.25) is 0 Å². The Balaban J connectivity index is 1.75. The highest BCUT2D eigenvalue weighted by molar-refractivity contribution is 5.81. The van der Waals surface area contributed by atoms with E-state index in [0.29, 0.717) is 6.54 Å². The molecular formula is C18H16N4O. The summed E-state index contributed by atoms with van der Waals surface area (Å²) in [5.74, 6) is 1.59. The summed E-state index contributed by atoms with van der Waals surface area (Å²) >= 11 is 0. The molecule has 2 aromatic heterocycles. The summed E-state index contributed by atoms with van der Waals surface area (Å²) < 4.78 is 2.01. The van der Waals surface area contributed by atoms with Crippen LogP contribution in [0.15, 0.2) is 48.5 Å². The van der Waals surface area contributed by atoms with E-state index in [9.17, 15) is 5.11 Å². The van der Waals surface area contributed by atoms with E-state index in [0.717, 1.165) is 33.7 Å². The van der Waals surface area contributed by atoms with Gasteiger partial charge in [0.15, 0.2) is 0 Å². The van der Waals surface area contributed by atoms with Crippen LogP contribution in [0, 0.1) is 0 Å². The number of aliphatic hydroxyl groups excluding tert-OH is 1. The molecule has 5 heteroatoms. The zero-order valence-electron chi connectivity index (χ0n) is 12.5. The molecule has 0 spiro atoms. The van der Waals surface area contributed by atoms with Crippen LogP contribution < -0.4 is 0 Å². The lowest BCUT2D eigenvalue weighted by Gasteiger charge is -2.03. The summed E-state index contributed by atoms with van der Waals surface area (Å²) in [5.41, 5.74) is 3.89. The van der Waals surface area contributed by atoms with Gasteiger partial charge in [-0.15, -0.1) is 0 Å². The van der Waals surface area contributed by atoms with E-state index in [2.05, 4.69) is 15.0 Å². The predicted molar refractivity (Wildman–Crippen MR) is 91.8 cm³/mol. The van der Waals surface area contributed by atoms with Gasteiger partial charge in [-0.3, -0.25) is 0 Å². The number of rotatable bonds is 4. The number of imidazole rings is 2. The lowest BCUT2D eigenvalue weighted by molar-refractivity contribution is 0.277. The molecule has 4 rings (SSSR count). The molecule has 2 heterocycles. The van der Waals surface area contributed by atoms with Gasteiger partial charge in [0.05, 0.1) is 28.7 Å². The van der Waals surface area contributed by atoms with Gasteiger partial charge in [-0.05, 0) is 36.4 Å². The van der Waals surface area contributed by atoms with Crippen molar-refractivity contribution in [2.45, 2.75) is 6.54 Å². The molecule has 5 nitrogen and oxygen atoms in total. The number of benzene rings is 2. The number of fused-ring (bicyclic) bond motifs is 2. The van der Waals surface area contributed by atoms with Crippen molar-refractivity contribution >= 4 is 34.2 Å². The number of aromatic nitrogens is 4. The minimum atomic E-state index is 0.0752. The third-order valence-corrected chi connectivity index (χ3v) is 3.81. The number of H-pyrrole nitrogens is 1. The quantitative estimate of drug-likeness (QED) is 0.609. The lowest BCUT2D eigenvalue weighted by atomic mass is 10.3. The second kappa shape index (κ2) is 5.70. The van der Waals surface area contributed by atoms with E-state index < -0.39 is 0 Å². The molecule has 0 aliphatic rings. The molecule has 0 amide bonds. The Bertz CT molecular complexity index is 964. The normalized spacial score (nSPS) is 11.9. The standard InChI is InChI=1S/C18H16N4O/c23-12-11-22-16-8-4-3-7-15(16)21-18(22)10-9-17-19-13-5-1-2-6-14(13)20-17/h1-10,23H,11-12H2,(H,19,20)/b10-9-. The monoisotopic (exact) mass is 304 g/mol. The van der Waals surface area contributed by atoms with Crippen LogP contribution in [-0.4, -0.2) is 31.2 Å². The fourth-order valence-electron chi connectivity index (χ4n) is 2.76. The van der Waals surface area contributed by atoms with Crippen LogP contribution in [0.5, 0.6) is 0 Å². The number of hydrogen-bond donors (Lipinski definition) is 2. The Morgan fingerprint density at radius 1 is 0.957 bits per heavy atom. The topological polar surface area (TPSA) is 66.7 Å². The average Bonchev–Trinajstić information content (AvgIpc) is 3.14. The third kappa shape index (κ3) is 2.51. The first-order valence-electron chi connectivity index (χ1n) is 7.54. The fourth-order valence-corrected chi connectivity index (χ4v) is 2.76. The van der Waals surface area contributed by atoms with Crippen LogP contribution in [0.25, 0.3) is 34.2 Å². The van der Waals surface area contributed by atoms with Crippen molar-refractivity contribution in [3.8, 4) is 0 Å². The number of nitrogens with one attached hydrogen (secondary N) is 1. The van der Waals surface area contributed by atoms with Gasteiger partial charge in [-0.2, -0.15) is 0 Å². The number of para-hydroxylation sites is 4. The van der Waals surface area contributed by atoms with Crippen molar-refractivity contribution in [2.75, 3.05) is 6.61 Å². The maximum absolute atomic E-state index is 9.31. The zero-order chi connectivity index (χ0) is 15.6. The predicted octanol–water partition coefficient (Wildman–Crippen LogP) is 3.08. The Labute approximate surface area is 132 Å². The van der Waals surface area contributed by atoms with Crippen LogP contribution in [0.1, 0.15) is 11.6 Å². The molecular weight excluding hydrogens is 288 g/mol. The Morgan fingerprint density at radius 2 is 1.74 bits per heavy atom. The molecule has 0 saturated heterocycles. The van der Waals surface area contributed by atoms with E-state index >= 15 is 0 Å². The van der Waals surface area contributed by atoms with Crippen LogP contribution in [0.4, 0.5) is 0 Å². The van der Waals surface area contributed by atoms with Gasteiger partial charge in [-0.25, -0.2) is 9.97 Å². The molecule has 23 heavy (non-hydrogen) atoms. The van der Waals surface area contributed by atoms with Gasteiger partial charge >= 0.3 is 0 Å². The summed E-state index contributed by atoms with van der Waals surface area (Å²) in [5, 5.41) is 9.31. The van der Waals surface area contributed by atoms with Crippen molar-refractivity contribution in [2.24, 2.45) is 0 Å². The van der Waals surface area contributed by atoms with Gasteiger partial charge in [-0.1, -0.05) is 24.3 Å².